The molecule has 0 saturated carbocycles. The third-order valence-electron chi connectivity index (χ3n) is 7.32. The van der Waals surface area contributed by atoms with E-state index >= 15 is 0 Å². The first-order valence-corrected chi connectivity index (χ1v) is 12.8. The number of nitrogens with one attached hydrogen (secondary N) is 2. The van der Waals surface area contributed by atoms with E-state index in [0.717, 1.165) is 51.0 Å². The van der Waals surface area contributed by atoms with Gasteiger partial charge in [0.05, 0.1) is 6.10 Å². The Balaban J connectivity index is 1.26. The highest BCUT2D eigenvalue weighted by Crippen LogP contribution is 2.24. The number of benzene rings is 2. The van der Waals surface area contributed by atoms with Gasteiger partial charge in [-0.2, -0.15) is 0 Å². The van der Waals surface area contributed by atoms with Crippen molar-refractivity contribution >= 4 is 5.91 Å². The highest BCUT2D eigenvalue weighted by Gasteiger charge is 2.22. The van der Waals surface area contributed by atoms with Crippen LogP contribution in [0.25, 0.3) is 0 Å². The van der Waals surface area contributed by atoms with Crippen LogP contribution in [-0.2, 0) is 24.1 Å². The fourth-order valence-electron chi connectivity index (χ4n) is 4.55. The molecule has 1 aliphatic carbocycles. The zero-order valence-electron chi connectivity index (χ0n) is 21.2. The molecule has 0 bridgehead atoms. The van der Waals surface area contributed by atoms with Gasteiger partial charge in [-0.3, -0.25) is 4.79 Å². The topological polar surface area (TPSA) is 59.6 Å². The molecular formula is C29H40N2O3. The Hall–Kier alpha value is -2.37. The average molecular weight is 465 g/mol. The molecule has 2 N–H and O–H groups in total. The fourth-order valence-corrected chi connectivity index (χ4v) is 4.55. The average Bonchev–Trinajstić information content (AvgIpc) is 3.34. The second-order valence-electron chi connectivity index (χ2n) is 11.0. The van der Waals surface area contributed by atoms with Crippen molar-refractivity contribution < 1.29 is 14.3 Å². The smallest absolute Gasteiger partial charge is 0.251 e. The predicted molar refractivity (Wildman–Crippen MR) is 136 cm³/mol. The van der Waals surface area contributed by atoms with Crippen LogP contribution in [0.3, 0.4) is 0 Å². The lowest BCUT2D eigenvalue weighted by atomic mass is 9.86. The largest absolute Gasteiger partial charge is 0.491 e. The van der Waals surface area contributed by atoms with E-state index in [1.165, 1.54) is 16.7 Å². The molecular weight excluding hydrogens is 424 g/mol. The summed E-state index contributed by atoms with van der Waals surface area (Å²) in [6.07, 6.45) is 5.20. The van der Waals surface area contributed by atoms with Crippen molar-refractivity contribution in [1.29, 1.82) is 0 Å². The van der Waals surface area contributed by atoms with Gasteiger partial charge in [-0.1, -0.05) is 39.0 Å². The fraction of sp³-hybridized carbons (Fsp3) is 0.552. The number of rotatable bonds is 8. The Morgan fingerprint density at radius 1 is 1.12 bits per heavy atom. The highest BCUT2D eigenvalue weighted by molar-refractivity contribution is 5.94. The number of aryl methyl sites for hydroxylation is 1. The molecule has 3 atom stereocenters. The van der Waals surface area contributed by atoms with Gasteiger partial charge in [0.1, 0.15) is 12.4 Å². The van der Waals surface area contributed by atoms with E-state index in [1.807, 2.05) is 24.3 Å². The standard InChI is InChI=1S/C29H40N2O3/c1-20(29(2,3)4)30-18-21-7-8-24-17-25(12-9-23(24)16-21)31-28(32)22-10-13-26(14-11-22)34-19-27-6-5-15-33-27/h7-8,10-11,13-14,16,20,25,27,30H,5-6,9,12,15,17-19H2,1-4H3,(H,31,32)/t20-,25+,27+/m1/s1. The lowest BCUT2D eigenvalue weighted by Gasteiger charge is -2.29. The number of carbonyl (C=O) groups excluding carboxylic acids is 1. The van der Waals surface area contributed by atoms with Gasteiger partial charge in [0.15, 0.2) is 0 Å². The molecule has 2 aromatic carbocycles. The van der Waals surface area contributed by atoms with Crippen LogP contribution in [0.2, 0.25) is 0 Å². The summed E-state index contributed by atoms with van der Waals surface area (Å²) in [5.41, 5.74) is 5.02. The highest BCUT2D eigenvalue weighted by atomic mass is 16.5. The summed E-state index contributed by atoms with van der Waals surface area (Å²) >= 11 is 0. The number of ether oxygens (including phenoxy) is 2. The summed E-state index contributed by atoms with van der Waals surface area (Å²) in [5.74, 6) is 0.761. The van der Waals surface area contributed by atoms with Crippen LogP contribution >= 0.6 is 0 Å². The van der Waals surface area contributed by atoms with Crippen LogP contribution in [0.4, 0.5) is 0 Å². The van der Waals surface area contributed by atoms with E-state index < -0.39 is 0 Å². The summed E-state index contributed by atoms with van der Waals surface area (Å²) in [4.78, 5) is 12.8. The molecule has 34 heavy (non-hydrogen) atoms. The first-order valence-electron chi connectivity index (χ1n) is 12.8. The molecule has 1 aliphatic heterocycles. The molecule has 1 saturated heterocycles. The van der Waals surface area contributed by atoms with Crippen molar-refractivity contribution in [3.05, 3.63) is 64.7 Å². The molecule has 1 amide bonds. The lowest BCUT2D eigenvalue weighted by molar-refractivity contribution is 0.0679. The molecule has 0 radical (unpaired) electrons. The van der Waals surface area contributed by atoms with Crippen molar-refractivity contribution in [2.24, 2.45) is 5.41 Å². The molecule has 4 rings (SSSR count). The molecule has 5 nitrogen and oxygen atoms in total. The number of hydrogen-bond acceptors (Lipinski definition) is 4. The summed E-state index contributed by atoms with van der Waals surface area (Å²) < 4.78 is 11.4. The van der Waals surface area contributed by atoms with Crippen LogP contribution in [0.1, 0.15) is 74.0 Å². The molecule has 2 aromatic rings. The van der Waals surface area contributed by atoms with E-state index in [0.29, 0.717) is 18.2 Å². The quantitative estimate of drug-likeness (QED) is 0.574. The molecule has 1 heterocycles. The summed E-state index contributed by atoms with van der Waals surface area (Å²) in [6, 6.07) is 14.8. The van der Waals surface area contributed by atoms with Crippen LogP contribution in [0.5, 0.6) is 5.75 Å². The first kappa shape index (κ1) is 24.7. The molecule has 0 spiro atoms. The van der Waals surface area contributed by atoms with E-state index in [2.05, 4.69) is 56.5 Å². The Morgan fingerprint density at radius 2 is 1.91 bits per heavy atom. The van der Waals surface area contributed by atoms with Crippen LogP contribution in [-0.4, -0.2) is 37.3 Å². The molecule has 1 fully saturated rings. The predicted octanol–water partition coefficient (Wildman–Crippen LogP) is 5.06. The van der Waals surface area contributed by atoms with Crippen molar-refractivity contribution in [1.82, 2.24) is 10.6 Å². The van der Waals surface area contributed by atoms with Gasteiger partial charge < -0.3 is 20.1 Å². The molecule has 0 unspecified atom stereocenters. The Bertz CT molecular complexity index is 958. The van der Waals surface area contributed by atoms with Crippen LogP contribution in [0, 0.1) is 5.41 Å². The Labute approximate surface area is 204 Å². The third-order valence-corrected chi connectivity index (χ3v) is 7.32. The normalized spacial score (nSPS) is 21.1. The van der Waals surface area contributed by atoms with E-state index in [4.69, 9.17) is 9.47 Å². The van der Waals surface area contributed by atoms with Gasteiger partial charge in [0.25, 0.3) is 5.91 Å². The van der Waals surface area contributed by atoms with Gasteiger partial charge in [0.2, 0.25) is 0 Å². The second kappa shape index (κ2) is 10.9. The van der Waals surface area contributed by atoms with Gasteiger partial charge in [-0.15, -0.1) is 0 Å². The number of hydrogen-bond donors (Lipinski definition) is 2. The maximum absolute atomic E-state index is 12.8. The van der Waals surface area contributed by atoms with E-state index in [-0.39, 0.29) is 23.5 Å². The second-order valence-corrected chi connectivity index (χ2v) is 11.0. The summed E-state index contributed by atoms with van der Waals surface area (Å²) in [5, 5.41) is 6.88. The number of carbonyl (C=O) groups is 1. The summed E-state index contributed by atoms with van der Waals surface area (Å²) in [6.45, 7) is 11.3. The molecule has 0 aromatic heterocycles. The van der Waals surface area contributed by atoms with Gasteiger partial charge >= 0.3 is 0 Å². The van der Waals surface area contributed by atoms with Crippen LogP contribution < -0.4 is 15.4 Å². The van der Waals surface area contributed by atoms with E-state index in [1.54, 1.807) is 0 Å². The van der Waals surface area contributed by atoms with Gasteiger partial charge in [-0.05, 0) is 85.4 Å². The lowest BCUT2D eigenvalue weighted by Crippen LogP contribution is -2.39. The minimum Gasteiger partial charge on any atom is -0.491 e. The van der Waals surface area contributed by atoms with Crippen molar-refractivity contribution in [3.63, 3.8) is 0 Å². The zero-order chi connectivity index (χ0) is 24.1. The van der Waals surface area contributed by atoms with Crippen molar-refractivity contribution in [2.75, 3.05) is 13.2 Å². The SMILES string of the molecule is C[C@@H](NCc1ccc2c(c1)CC[C@H](NC(=O)c1ccc(OC[C@@H]3CCCO3)cc1)C2)C(C)(C)C. The Morgan fingerprint density at radius 3 is 2.62 bits per heavy atom. The molecule has 184 valence electrons. The van der Waals surface area contributed by atoms with Crippen molar-refractivity contribution in [3.8, 4) is 5.75 Å². The summed E-state index contributed by atoms with van der Waals surface area (Å²) in [7, 11) is 0. The molecule has 2 aliphatic rings. The monoisotopic (exact) mass is 464 g/mol. The van der Waals surface area contributed by atoms with Crippen molar-refractivity contribution in [2.45, 2.75) is 84.5 Å². The first-order chi connectivity index (χ1) is 16.3. The minimum absolute atomic E-state index is 0.0175. The molecule has 5 heteroatoms. The Kier molecular flexibility index (Phi) is 7.95. The van der Waals surface area contributed by atoms with E-state index in [9.17, 15) is 4.79 Å². The van der Waals surface area contributed by atoms with Crippen LogP contribution in [0.15, 0.2) is 42.5 Å². The third kappa shape index (κ3) is 6.61. The minimum atomic E-state index is -0.0175. The maximum atomic E-state index is 12.8. The maximum Gasteiger partial charge on any atom is 0.251 e. The number of fused-ring (bicyclic) bond motifs is 1. The zero-order valence-corrected chi connectivity index (χ0v) is 21.2. The number of amides is 1. The van der Waals surface area contributed by atoms with Gasteiger partial charge in [-0.25, -0.2) is 0 Å². The van der Waals surface area contributed by atoms with Gasteiger partial charge in [0, 0.05) is 30.8 Å².